The number of esters is 2. The summed E-state index contributed by atoms with van der Waals surface area (Å²) in [4.78, 5) is 33.4. The molecule has 0 bridgehead atoms. The van der Waals surface area contributed by atoms with Crippen LogP contribution in [-0.4, -0.2) is 42.3 Å². The van der Waals surface area contributed by atoms with Crippen molar-refractivity contribution in [2.45, 2.75) is 6.92 Å². The Bertz CT molecular complexity index is 217. The van der Waals surface area contributed by atoms with Crippen molar-refractivity contribution in [1.82, 2.24) is 4.90 Å². The van der Waals surface area contributed by atoms with Crippen LogP contribution in [-0.2, 0) is 19.1 Å². The predicted molar refractivity (Wildman–Crippen MR) is 38.2 cm³/mol. The van der Waals surface area contributed by atoms with Crippen LogP contribution in [0.5, 0.6) is 0 Å². The molecule has 5 nitrogen and oxygen atoms in total. The number of ketones is 1. The maximum atomic E-state index is 10.7. The maximum Gasteiger partial charge on any atom is 0.327 e. The van der Waals surface area contributed by atoms with E-state index in [-0.39, 0.29) is 25.4 Å². The zero-order chi connectivity index (χ0) is 9.14. The van der Waals surface area contributed by atoms with Gasteiger partial charge in [-0.1, -0.05) is 0 Å². The summed E-state index contributed by atoms with van der Waals surface area (Å²) in [6, 6.07) is 0. The lowest BCUT2D eigenvalue weighted by Crippen LogP contribution is -2.44. The molecule has 0 amide bonds. The average Bonchev–Trinajstić information content (AvgIpc) is 1.81. The van der Waals surface area contributed by atoms with E-state index in [1.807, 2.05) is 0 Å². The zero-order valence-corrected chi connectivity index (χ0v) is 6.70. The van der Waals surface area contributed by atoms with Crippen molar-refractivity contribution in [1.29, 1.82) is 0 Å². The summed E-state index contributed by atoms with van der Waals surface area (Å²) in [5.41, 5.74) is 0. The molecule has 0 aliphatic carbocycles. The summed E-state index contributed by atoms with van der Waals surface area (Å²) < 4.78 is 4.27. The van der Waals surface area contributed by atoms with E-state index in [9.17, 15) is 14.4 Å². The summed E-state index contributed by atoms with van der Waals surface area (Å²) in [5, 5.41) is 0. The van der Waals surface area contributed by atoms with Crippen molar-refractivity contribution in [2.75, 3.05) is 19.6 Å². The lowest BCUT2D eigenvalue weighted by molar-refractivity contribution is -0.166. The molecule has 1 aliphatic heterocycles. The van der Waals surface area contributed by atoms with Gasteiger partial charge in [0.05, 0.1) is 19.6 Å². The second-order valence-electron chi connectivity index (χ2n) is 2.69. The first kappa shape index (κ1) is 8.86. The molecule has 0 radical (unpaired) electrons. The van der Waals surface area contributed by atoms with Crippen LogP contribution in [0.1, 0.15) is 6.92 Å². The monoisotopic (exact) mass is 171 g/mol. The smallest absolute Gasteiger partial charge is 0.327 e. The molecule has 1 saturated heterocycles. The molecule has 12 heavy (non-hydrogen) atoms. The van der Waals surface area contributed by atoms with Crippen LogP contribution in [0.2, 0.25) is 0 Å². The second-order valence-corrected chi connectivity index (χ2v) is 2.69. The summed E-state index contributed by atoms with van der Waals surface area (Å²) in [5.74, 6) is -1.25. The molecule has 1 aliphatic rings. The van der Waals surface area contributed by atoms with E-state index < -0.39 is 11.9 Å². The molecule has 0 spiro atoms. The zero-order valence-electron chi connectivity index (χ0n) is 6.70. The van der Waals surface area contributed by atoms with Gasteiger partial charge in [-0.2, -0.15) is 0 Å². The molecule has 1 rings (SSSR count). The van der Waals surface area contributed by atoms with Crippen molar-refractivity contribution in [2.24, 2.45) is 0 Å². The van der Waals surface area contributed by atoms with Gasteiger partial charge in [-0.15, -0.1) is 0 Å². The highest BCUT2D eigenvalue weighted by Crippen LogP contribution is 1.98. The van der Waals surface area contributed by atoms with Crippen molar-refractivity contribution >= 4 is 17.7 Å². The SMILES string of the molecule is CC(=O)CN1CC(=O)OC(=O)C1. The molecule has 0 aromatic carbocycles. The highest BCUT2D eigenvalue weighted by molar-refractivity contribution is 5.91. The molecule has 0 unspecified atom stereocenters. The van der Waals surface area contributed by atoms with Crippen LogP contribution in [0.3, 0.4) is 0 Å². The van der Waals surface area contributed by atoms with E-state index in [0.29, 0.717) is 0 Å². The Morgan fingerprint density at radius 1 is 1.42 bits per heavy atom. The number of nitrogens with zero attached hydrogens (tertiary/aromatic N) is 1. The van der Waals surface area contributed by atoms with Crippen molar-refractivity contribution < 1.29 is 19.1 Å². The summed E-state index contributed by atoms with van der Waals surface area (Å²) >= 11 is 0. The number of rotatable bonds is 2. The Kier molecular flexibility index (Phi) is 2.54. The van der Waals surface area contributed by atoms with Gasteiger partial charge in [0.1, 0.15) is 5.78 Å². The number of Topliss-reactive ketones (excluding diaryl/α,β-unsaturated/α-hetero) is 1. The molecule has 66 valence electrons. The van der Waals surface area contributed by atoms with Gasteiger partial charge in [0, 0.05) is 0 Å². The molecule has 1 fully saturated rings. The number of hydrogen-bond donors (Lipinski definition) is 0. The Morgan fingerprint density at radius 2 is 1.92 bits per heavy atom. The number of carbonyl (C=O) groups is 3. The van der Waals surface area contributed by atoms with E-state index in [4.69, 9.17) is 0 Å². The number of cyclic esters (lactones) is 2. The lowest BCUT2D eigenvalue weighted by Gasteiger charge is -2.22. The van der Waals surface area contributed by atoms with Gasteiger partial charge in [0.25, 0.3) is 0 Å². The van der Waals surface area contributed by atoms with Crippen molar-refractivity contribution in [3.63, 3.8) is 0 Å². The maximum absolute atomic E-state index is 10.7. The minimum atomic E-state index is -0.590. The Hall–Kier alpha value is -1.23. The van der Waals surface area contributed by atoms with Crippen LogP contribution < -0.4 is 0 Å². The Balaban J connectivity index is 2.49. The van der Waals surface area contributed by atoms with E-state index in [1.54, 1.807) is 0 Å². The van der Waals surface area contributed by atoms with Gasteiger partial charge in [0.2, 0.25) is 0 Å². The van der Waals surface area contributed by atoms with E-state index in [1.165, 1.54) is 11.8 Å². The van der Waals surface area contributed by atoms with Gasteiger partial charge in [-0.25, -0.2) is 0 Å². The molecule has 0 aromatic rings. The Labute approximate surface area is 69.3 Å². The van der Waals surface area contributed by atoms with Crippen molar-refractivity contribution in [3.8, 4) is 0 Å². The fourth-order valence-electron chi connectivity index (χ4n) is 1.04. The average molecular weight is 171 g/mol. The van der Waals surface area contributed by atoms with Crippen LogP contribution >= 0.6 is 0 Å². The fourth-order valence-corrected chi connectivity index (χ4v) is 1.04. The number of morpholine rings is 1. The van der Waals surface area contributed by atoms with Crippen LogP contribution in [0.15, 0.2) is 0 Å². The van der Waals surface area contributed by atoms with Gasteiger partial charge in [-0.05, 0) is 6.92 Å². The van der Waals surface area contributed by atoms with Gasteiger partial charge >= 0.3 is 11.9 Å². The summed E-state index contributed by atoms with van der Waals surface area (Å²) in [6.07, 6.45) is 0. The molecule has 0 atom stereocenters. The second kappa shape index (κ2) is 3.44. The van der Waals surface area contributed by atoms with Crippen LogP contribution in [0, 0.1) is 0 Å². The lowest BCUT2D eigenvalue weighted by atomic mass is 10.3. The summed E-state index contributed by atoms with van der Waals surface area (Å²) in [6.45, 7) is 1.57. The topological polar surface area (TPSA) is 63.7 Å². The minimum absolute atomic E-state index is 0.0192. The molecule has 0 aromatic heterocycles. The van der Waals surface area contributed by atoms with Crippen LogP contribution in [0.4, 0.5) is 0 Å². The van der Waals surface area contributed by atoms with E-state index in [0.717, 1.165) is 0 Å². The first-order chi connectivity index (χ1) is 5.58. The first-order valence-corrected chi connectivity index (χ1v) is 3.53. The standard InChI is InChI=1S/C7H9NO4/c1-5(9)2-8-3-6(10)12-7(11)4-8/h2-4H2,1H3. The fraction of sp³-hybridized carbons (Fsp3) is 0.571. The predicted octanol–water partition coefficient (Wildman–Crippen LogP) is -1.04. The van der Waals surface area contributed by atoms with Crippen LogP contribution in [0.25, 0.3) is 0 Å². The highest BCUT2D eigenvalue weighted by Gasteiger charge is 2.24. The highest BCUT2D eigenvalue weighted by atomic mass is 16.6. The molecule has 1 heterocycles. The van der Waals surface area contributed by atoms with E-state index in [2.05, 4.69) is 4.74 Å². The van der Waals surface area contributed by atoms with Gasteiger partial charge < -0.3 is 4.74 Å². The summed E-state index contributed by atoms with van der Waals surface area (Å²) in [7, 11) is 0. The van der Waals surface area contributed by atoms with Gasteiger partial charge in [-0.3, -0.25) is 19.3 Å². The van der Waals surface area contributed by atoms with Gasteiger partial charge in [0.15, 0.2) is 0 Å². The molecule has 5 heteroatoms. The third kappa shape index (κ3) is 2.43. The third-order valence-electron chi connectivity index (χ3n) is 1.38. The third-order valence-corrected chi connectivity index (χ3v) is 1.38. The van der Waals surface area contributed by atoms with Crippen molar-refractivity contribution in [3.05, 3.63) is 0 Å². The van der Waals surface area contributed by atoms with E-state index >= 15 is 0 Å². The molecular formula is C7H9NO4. The molecule has 0 N–H and O–H groups in total. The largest absolute Gasteiger partial charge is 0.391 e. The minimum Gasteiger partial charge on any atom is -0.391 e. The Morgan fingerprint density at radius 3 is 2.33 bits per heavy atom. The molecule has 0 saturated carbocycles. The number of carbonyl (C=O) groups excluding carboxylic acids is 3. The number of ether oxygens (including phenoxy) is 1. The number of hydrogen-bond acceptors (Lipinski definition) is 5. The normalized spacial score (nSPS) is 19.1. The molecular weight excluding hydrogens is 162 g/mol. The quantitative estimate of drug-likeness (QED) is 0.392. The first-order valence-electron chi connectivity index (χ1n) is 3.53.